The summed E-state index contributed by atoms with van der Waals surface area (Å²) in [6, 6.07) is 9.68. The number of halogens is 2. The molecule has 1 N–H and O–H groups in total. The van der Waals surface area contributed by atoms with Gasteiger partial charge < -0.3 is 9.67 Å². The number of hydrogen-bond acceptors (Lipinski definition) is 2. The van der Waals surface area contributed by atoms with Crippen molar-refractivity contribution in [2.75, 3.05) is 0 Å². The zero-order valence-corrected chi connectivity index (χ0v) is 11.4. The van der Waals surface area contributed by atoms with E-state index in [1.54, 1.807) is 4.57 Å². The molecule has 1 unspecified atom stereocenters. The maximum Gasteiger partial charge on any atom is 0.161 e. The third-order valence-electron chi connectivity index (χ3n) is 3.49. The summed E-state index contributed by atoms with van der Waals surface area (Å²) in [5, 5.41) is 10.3. The van der Waals surface area contributed by atoms with Crippen molar-refractivity contribution in [2.45, 2.75) is 19.6 Å². The standard InChI is InChI=1S/C16H14F2N2O/c1-10-2-4-11(5-3-10)16(21)8-20-9-19-14-6-12(17)13(18)7-15(14)20/h2-7,9,16,21H,8H2,1H3. The molecular formula is C16H14F2N2O. The zero-order valence-electron chi connectivity index (χ0n) is 11.4. The van der Waals surface area contributed by atoms with Gasteiger partial charge in [0, 0.05) is 12.1 Å². The largest absolute Gasteiger partial charge is 0.387 e. The van der Waals surface area contributed by atoms with Crippen molar-refractivity contribution in [3.05, 3.63) is 65.5 Å². The van der Waals surface area contributed by atoms with Crippen LogP contribution in [0.2, 0.25) is 0 Å². The molecule has 3 nitrogen and oxygen atoms in total. The van der Waals surface area contributed by atoms with Crippen LogP contribution in [0.1, 0.15) is 17.2 Å². The number of aromatic nitrogens is 2. The number of aliphatic hydroxyl groups is 1. The Balaban J connectivity index is 1.91. The molecule has 0 saturated carbocycles. The van der Waals surface area contributed by atoms with Crippen LogP contribution in [0.3, 0.4) is 0 Å². The summed E-state index contributed by atoms with van der Waals surface area (Å²) in [6.45, 7) is 2.20. The van der Waals surface area contributed by atoms with Gasteiger partial charge in [-0.05, 0) is 12.5 Å². The molecule has 0 bridgehead atoms. The van der Waals surface area contributed by atoms with E-state index in [-0.39, 0.29) is 6.54 Å². The minimum Gasteiger partial charge on any atom is -0.387 e. The first kappa shape index (κ1) is 13.7. The number of imidazole rings is 1. The van der Waals surface area contributed by atoms with E-state index in [0.29, 0.717) is 11.0 Å². The van der Waals surface area contributed by atoms with Gasteiger partial charge in [-0.3, -0.25) is 0 Å². The number of aryl methyl sites for hydroxylation is 1. The minimum atomic E-state index is -0.924. The van der Waals surface area contributed by atoms with E-state index in [2.05, 4.69) is 4.98 Å². The second-order valence-electron chi connectivity index (χ2n) is 5.08. The molecule has 3 rings (SSSR count). The molecule has 0 aliphatic rings. The van der Waals surface area contributed by atoms with Gasteiger partial charge >= 0.3 is 0 Å². The van der Waals surface area contributed by atoms with Crippen LogP contribution in [-0.4, -0.2) is 14.7 Å². The maximum absolute atomic E-state index is 13.3. The lowest BCUT2D eigenvalue weighted by molar-refractivity contribution is 0.158. The normalized spacial score (nSPS) is 12.8. The van der Waals surface area contributed by atoms with Gasteiger partial charge in [0.1, 0.15) is 0 Å². The molecule has 1 aromatic heterocycles. The van der Waals surface area contributed by atoms with Crippen molar-refractivity contribution in [3.8, 4) is 0 Å². The fourth-order valence-corrected chi connectivity index (χ4v) is 2.28. The van der Waals surface area contributed by atoms with E-state index in [4.69, 9.17) is 0 Å². The molecule has 5 heteroatoms. The van der Waals surface area contributed by atoms with Gasteiger partial charge in [-0.1, -0.05) is 29.8 Å². The summed E-state index contributed by atoms with van der Waals surface area (Å²) in [4.78, 5) is 4.03. The average molecular weight is 288 g/mol. The molecule has 1 atom stereocenters. The average Bonchev–Trinajstić information content (AvgIpc) is 2.82. The third kappa shape index (κ3) is 2.64. The van der Waals surface area contributed by atoms with Crippen molar-refractivity contribution in [1.29, 1.82) is 0 Å². The Morgan fingerprint density at radius 3 is 2.52 bits per heavy atom. The highest BCUT2D eigenvalue weighted by Crippen LogP contribution is 2.21. The first-order valence-electron chi connectivity index (χ1n) is 6.59. The molecule has 0 saturated heterocycles. The predicted molar refractivity (Wildman–Crippen MR) is 75.8 cm³/mol. The highest BCUT2D eigenvalue weighted by atomic mass is 19.2. The monoisotopic (exact) mass is 288 g/mol. The van der Waals surface area contributed by atoms with Crippen molar-refractivity contribution in [2.24, 2.45) is 0 Å². The summed E-state index contributed by atoms with van der Waals surface area (Å²) in [7, 11) is 0. The van der Waals surface area contributed by atoms with Crippen LogP contribution < -0.4 is 0 Å². The van der Waals surface area contributed by atoms with E-state index in [0.717, 1.165) is 23.3 Å². The van der Waals surface area contributed by atoms with E-state index >= 15 is 0 Å². The van der Waals surface area contributed by atoms with Crippen LogP contribution in [0.4, 0.5) is 8.78 Å². The van der Waals surface area contributed by atoms with Gasteiger partial charge in [-0.15, -0.1) is 0 Å². The topological polar surface area (TPSA) is 38.0 Å². The molecule has 0 radical (unpaired) electrons. The first-order chi connectivity index (χ1) is 10.0. The molecular weight excluding hydrogens is 274 g/mol. The van der Waals surface area contributed by atoms with Gasteiger partial charge in [0.2, 0.25) is 0 Å². The second kappa shape index (κ2) is 5.26. The smallest absolute Gasteiger partial charge is 0.161 e. The summed E-state index contributed by atoms with van der Waals surface area (Å²) in [6.07, 6.45) is 0.733. The summed E-state index contributed by atoms with van der Waals surface area (Å²) < 4.78 is 28.1. The molecule has 21 heavy (non-hydrogen) atoms. The highest BCUT2D eigenvalue weighted by molar-refractivity contribution is 5.75. The zero-order chi connectivity index (χ0) is 15.0. The third-order valence-corrected chi connectivity index (χ3v) is 3.49. The van der Waals surface area contributed by atoms with Gasteiger partial charge in [0.15, 0.2) is 11.6 Å². The Morgan fingerprint density at radius 2 is 1.81 bits per heavy atom. The number of hydrogen-bond donors (Lipinski definition) is 1. The molecule has 1 heterocycles. The van der Waals surface area contributed by atoms with E-state index in [1.165, 1.54) is 6.33 Å². The van der Waals surface area contributed by atoms with Crippen molar-refractivity contribution in [1.82, 2.24) is 9.55 Å². The van der Waals surface area contributed by atoms with E-state index in [9.17, 15) is 13.9 Å². The Labute approximate surface area is 120 Å². The second-order valence-corrected chi connectivity index (χ2v) is 5.08. The minimum absolute atomic E-state index is 0.227. The number of fused-ring (bicyclic) bond motifs is 1. The maximum atomic E-state index is 13.3. The molecule has 2 aromatic carbocycles. The van der Waals surface area contributed by atoms with Crippen molar-refractivity contribution in [3.63, 3.8) is 0 Å². The summed E-state index contributed by atoms with van der Waals surface area (Å²) in [5.41, 5.74) is 2.70. The van der Waals surface area contributed by atoms with Gasteiger partial charge in [0.05, 0.1) is 30.0 Å². The lowest BCUT2D eigenvalue weighted by atomic mass is 10.1. The fourth-order valence-electron chi connectivity index (χ4n) is 2.28. The Morgan fingerprint density at radius 1 is 1.14 bits per heavy atom. The number of benzene rings is 2. The number of rotatable bonds is 3. The van der Waals surface area contributed by atoms with Gasteiger partial charge in [-0.2, -0.15) is 0 Å². The molecule has 0 spiro atoms. The van der Waals surface area contributed by atoms with Crippen LogP contribution in [-0.2, 0) is 6.54 Å². The lowest BCUT2D eigenvalue weighted by Crippen LogP contribution is -2.08. The van der Waals surface area contributed by atoms with E-state index in [1.807, 2.05) is 31.2 Å². The lowest BCUT2D eigenvalue weighted by Gasteiger charge is -2.13. The summed E-state index contributed by atoms with van der Waals surface area (Å²) >= 11 is 0. The van der Waals surface area contributed by atoms with Gasteiger partial charge in [-0.25, -0.2) is 13.8 Å². The Kier molecular flexibility index (Phi) is 3.43. The van der Waals surface area contributed by atoms with Crippen LogP contribution in [0.5, 0.6) is 0 Å². The fraction of sp³-hybridized carbons (Fsp3) is 0.188. The first-order valence-corrected chi connectivity index (χ1v) is 6.59. The van der Waals surface area contributed by atoms with Crippen LogP contribution >= 0.6 is 0 Å². The number of nitrogens with zero attached hydrogens (tertiary/aromatic N) is 2. The quantitative estimate of drug-likeness (QED) is 0.802. The molecule has 0 aliphatic heterocycles. The van der Waals surface area contributed by atoms with Gasteiger partial charge in [0.25, 0.3) is 0 Å². The number of aliphatic hydroxyl groups excluding tert-OH is 1. The highest BCUT2D eigenvalue weighted by Gasteiger charge is 2.13. The molecule has 108 valence electrons. The van der Waals surface area contributed by atoms with Crippen LogP contribution in [0.15, 0.2) is 42.7 Å². The molecule has 0 aliphatic carbocycles. The predicted octanol–water partition coefficient (Wildman–Crippen LogP) is 3.36. The summed E-state index contributed by atoms with van der Waals surface area (Å²) in [5.74, 6) is -1.85. The molecule has 0 amide bonds. The van der Waals surface area contributed by atoms with Crippen LogP contribution in [0, 0.1) is 18.6 Å². The van der Waals surface area contributed by atoms with Crippen molar-refractivity contribution < 1.29 is 13.9 Å². The van der Waals surface area contributed by atoms with Crippen LogP contribution in [0.25, 0.3) is 11.0 Å². The van der Waals surface area contributed by atoms with E-state index < -0.39 is 17.7 Å². The van der Waals surface area contributed by atoms with Crippen molar-refractivity contribution >= 4 is 11.0 Å². The molecule has 0 fully saturated rings. The SMILES string of the molecule is Cc1ccc(C(O)Cn2cnc3cc(F)c(F)cc32)cc1. The Hall–Kier alpha value is -2.27. The molecule has 3 aromatic rings. The Bertz CT molecular complexity index is 781.